The standard InChI is InChI=1S/C33H35FN4O.C33H33FN4O.84H2/c2*1-4-8-22-25-14-13-24-29(23-9-6-7-10-26(23)34)37-32(21-15-17-36-27(18-21)20-11-12-20)38-31(24)33(25,16-5-2)19-28(35-3)30(22)39;;;;;;;;;;;;;;;;;;;;;;;;;;;;;;;;;;;;;;;;;;;;;;;;;;;;;;;;;;;;;;;;;;;;;;;;;;;;;;;;;;;;/h6-7,9-10,15,17-18,20,22,25,39H,4-5,8,11-14,16,19H2,1-2H3;6-7,9-10,15,17-20,22,25H,4-5,8,11-14,16H2,1-2H3;84*1H/t2*22-,25-,33-;;;;;;;;;;;;;;;;;;;;;;;;;;;;;;;;;;;;;;;;;;;;;;;;;;;;;;;;;;;;;;;;;;;;;;;;;;;;;;;;;;;;/m11..................................................................................../s1/i;;84*1+2T. The second-order valence-electron chi connectivity index (χ2n) is 22.8. The van der Waals surface area contributed by atoms with Crippen LogP contribution in [-0.2, 0) is 28.5 Å². The van der Waals surface area contributed by atoms with E-state index < -0.39 is 10.8 Å². The molecule has 12 heteroatoms. The SMILES string of the molecule is [3H][3H].[3H][3H].[3H][3H].[3H][3H].[3H][3H].[3H][3H].[3H][3H].[3H][3H].[3H][3H].[3H][3H].[3H][3H].[3H][3H].[3H][3H].[3H][3H].[3H][3H].[3H][3H].[3H][3H].[3H][3H].[3H][3H].[3H][3H].[3H][3H].[3H][3H].[3H][3H].[3H][3H].[3H][3H].[3H][3H].[3H][3H].[3H][3H].[3H][3H].[3H][3H].[3H][3H].[3H][3H].[3H][3H].[3H][3H].[3H][3H].[3H][3H].[3H][3H].[3H][3H].[3H][3H].[3H][3H].[3H][3H].[3H][3H].[3H][3H].[3H][3H].[3H][3H].[3H][3H].[3H][3H].[3H][3H].[3H][3H].[3H][3H].[3H][3H].[3H][3H].[3H][3H].[3H][3H].[3H][3H].[3H][3H].[3H][3H].[3H][3H].[3H][3H].[3H][3H].[3H][3H].[3H][3H].[3H][3H].[3H][3H].[3H][3H].[3H][3H].[3H][3H].[3H][3H].[3H][3H].[3H][3H].[3H][3H].[3H][3H].[3H][3H].[3H][3H].[3H][3H].[3H][3H].[3H][3H].[3H][3H].[3H][3H].[3H][3H].[3H][3H].[3H][3H].[3H][3H].[3H][3H].[C-]#[N+]C1=C(O)[C@H](CCC)[C@H]2CCc3c(-c4ccccc4F)nc(-c4ccnc(C5CC5)c4)nc3[C@]2(CCC)C1.[C-]#[N+]C1=C[C@@]2(CCC)c3nc(-c4ccnc(C5CC5)c4)nc(-c4ccccc4F)c3CC[C@@H]2[C@@H](CCC)C1=O. The molecular weight excluding hydrogens is 975 g/mol. The minimum absolute atomic E-state index is 0.0288. The van der Waals surface area contributed by atoms with Crippen LogP contribution in [0.1, 0.15) is 419 Å². The number of ketones is 1. The Morgan fingerprint density at radius 2 is 1.18 bits per heavy atom. The summed E-state index contributed by atoms with van der Waals surface area (Å²) >= 11 is 0. The second kappa shape index (κ2) is 21.8. The van der Waals surface area contributed by atoms with Gasteiger partial charge in [-0.15, -0.1) is 0 Å². The van der Waals surface area contributed by atoms with Gasteiger partial charge in [0.1, 0.15) is 11.6 Å². The van der Waals surface area contributed by atoms with Gasteiger partial charge in [0.2, 0.25) is 11.4 Å². The molecule has 1 N–H and O–H groups in total. The molecule has 6 atom stereocenters. The highest BCUT2D eigenvalue weighted by Gasteiger charge is 2.55. The van der Waals surface area contributed by atoms with Crippen LogP contribution in [0.4, 0.5) is 8.78 Å². The second-order valence-corrected chi connectivity index (χ2v) is 22.8. The molecule has 10 nitrogen and oxygen atoms in total. The Labute approximate surface area is 716 Å². The van der Waals surface area contributed by atoms with Gasteiger partial charge in [-0.3, -0.25) is 9.97 Å². The number of Topliss-reactive ketones (excluding diaryl/α,β-unsaturated/α-hetero) is 1. The molecule has 6 aliphatic rings. The Hall–Kier alpha value is -7.31. The Bertz CT molecular complexity index is 3680. The molecule has 0 spiro atoms. The molecule has 566 valence electrons. The number of rotatable bonds is 14. The smallest absolute Gasteiger partial charge is 0.226 e. The summed E-state index contributed by atoms with van der Waals surface area (Å²) in [6.45, 7) is 24.3. The van der Waals surface area contributed by atoms with Crippen molar-refractivity contribution in [2.75, 3.05) is 0 Å². The van der Waals surface area contributed by atoms with Crippen molar-refractivity contribution in [2.45, 2.75) is 160 Å². The Kier molecular flexibility index (Phi) is 3.54. The van der Waals surface area contributed by atoms with Crippen molar-refractivity contribution >= 4 is 5.78 Å². The molecule has 0 amide bonds. The van der Waals surface area contributed by atoms with E-state index in [2.05, 4.69) is 59.5 Å². The first-order chi connectivity index (χ1) is 122. The molecule has 2 aromatic carbocycles. The number of aliphatic hydroxyl groups excluding tert-OH is 1. The van der Waals surface area contributed by atoms with E-state index in [4.69, 9.17) is 283 Å². The zero-order valence-electron chi connectivity index (χ0n) is 213. The van der Waals surface area contributed by atoms with Crippen LogP contribution in [0.2, 0.25) is 0 Å². The van der Waals surface area contributed by atoms with Crippen LogP contribution < -0.4 is 0 Å². The molecule has 0 aliphatic heterocycles. The van der Waals surface area contributed by atoms with Crippen LogP contribution in [-0.4, -0.2) is 40.8 Å². The van der Waals surface area contributed by atoms with Crippen molar-refractivity contribution in [3.8, 4) is 45.3 Å². The number of aliphatic hydroxyl groups is 1. The van der Waals surface area contributed by atoms with Crippen molar-refractivity contribution in [1.29, 1.82) is 0 Å². The molecule has 6 aromatic rings. The van der Waals surface area contributed by atoms with E-state index in [0.29, 0.717) is 64.5 Å². The highest BCUT2D eigenvalue weighted by molar-refractivity contribution is 6.00. The summed E-state index contributed by atoms with van der Waals surface area (Å²) in [5.74, 6) is 1.70. The van der Waals surface area contributed by atoms with E-state index >= 15 is 8.78 Å². The van der Waals surface area contributed by atoms with Crippen LogP contribution in [0.5, 0.6) is 0 Å². The van der Waals surface area contributed by atoms with Gasteiger partial charge in [0, 0.05) is 341 Å². The fraction of sp³-hybridized carbons (Fsp3) is 0.439. The molecule has 6 aliphatic carbocycles. The van der Waals surface area contributed by atoms with Gasteiger partial charge in [0.15, 0.2) is 17.4 Å². The summed E-state index contributed by atoms with van der Waals surface area (Å²) < 4.78 is 871. The Morgan fingerprint density at radius 3 is 1.69 bits per heavy atom. The van der Waals surface area contributed by atoms with E-state index in [1.807, 2.05) is 42.7 Å². The highest BCUT2D eigenvalue weighted by Crippen LogP contribution is 2.59. The van der Waals surface area contributed by atoms with Crippen LogP contribution in [0.15, 0.2) is 108 Å². The van der Waals surface area contributed by atoms with Crippen LogP contribution in [0, 0.1) is 48.5 Å². The van der Waals surface area contributed by atoms with Crippen molar-refractivity contribution < 1.29 is 268 Å². The minimum atomic E-state index is -0.569. The summed E-state index contributed by atoms with van der Waals surface area (Å²) in [6, 6.07) is 21.7. The lowest BCUT2D eigenvalue weighted by atomic mass is 9.54. The lowest BCUT2D eigenvalue weighted by Crippen LogP contribution is -2.48. The number of halogens is 2. The van der Waals surface area contributed by atoms with Crippen molar-refractivity contribution in [1.82, 2.24) is 29.9 Å². The third-order valence-corrected chi connectivity index (χ3v) is 17.9. The van der Waals surface area contributed by atoms with E-state index in [1.54, 1.807) is 24.3 Å². The van der Waals surface area contributed by atoms with Gasteiger partial charge >= 0.3 is 0 Å². The molecule has 2 fully saturated rings. The topological polar surface area (TPSA) is 123 Å². The number of fused-ring (bicyclic) bond motifs is 6. The molecule has 0 radical (unpaired) electrons. The number of hydrogen-bond donors (Lipinski definition) is 1. The predicted octanol–water partition coefficient (Wildman–Crippen LogP) is 36.6. The third kappa shape index (κ3) is 9.43. The van der Waals surface area contributed by atoms with Crippen molar-refractivity contribution in [2.24, 2.45) is 23.7 Å². The van der Waals surface area contributed by atoms with E-state index in [0.717, 1.165) is 141 Å². The fourth-order valence-corrected chi connectivity index (χ4v) is 14.2. The summed E-state index contributed by atoms with van der Waals surface area (Å²) in [4.78, 5) is 50.8. The molecule has 2 saturated carbocycles. The maximum atomic E-state index is 15.3. The fourth-order valence-electron chi connectivity index (χ4n) is 14.2. The lowest BCUT2D eigenvalue weighted by molar-refractivity contribution is -0.123. The van der Waals surface area contributed by atoms with Crippen LogP contribution in [0.3, 0.4) is 0 Å². The number of benzene rings is 2. The maximum absolute atomic E-state index is 15.3. The number of pyridine rings is 2. The van der Waals surface area contributed by atoms with Crippen LogP contribution in [0.25, 0.3) is 55.0 Å². The van der Waals surface area contributed by atoms with Crippen LogP contribution >= 0.6 is 0 Å². The van der Waals surface area contributed by atoms with Gasteiger partial charge in [0.25, 0.3) is 0 Å². The first-order valence-electron chi connectivity index (χ1n) is 113. The first kappa shape index (κ1) is 12.7. The number of aromatic nitrogens is 6. The van der Waals surface area contributed by atoms with Gasteiger partial charge in [0.05, 0.1) is 41.7 Å². The molecular formula is C66H236F2N8O2. The molecule has 12 rings (SSSR count). The normalized spacial score (nSPS) is 32.7. The predicted molar refractivity (Wildman–Crippen MR) is 477 cm³/mol. The van der Waals surface area contributed by atoms with Gasteiger partial charge in [-0.2, -0.15) is 0 Å². The summed E-state index contributed by atoms with van der Waals surface area (Å²) in [5, 5.41) is 11.2. The summed E-state index contributed by atoms with van der Waals surface area (Å²) in [5.41, 5.74) is 9.54. The molecule has 0 unspecified atom stereocenters. The monoisotopic (exact) mass is 1550 g/mol. The zero-order valence-corrected chi connectivity index (χ0v) is 45.3. The zero-order chi connectivity index (χ0) is 222. The average Bonchev–Trinajstić information content (AvgIpc) is 1.50. The van der Waals surface area contributed by atoms with Gasteiger partial charge in [-0.05, 0) is 144 Å². The quantitative estimate of drug-likeness (QED) is 0.107. The van der Waals surface area contributed by atoms with E-state index in [9.17, 15) is 9.90 Å². The van der Waals surface area contributed by atoms with E-state index in [-0.39, 0.29) is 52.5 Å². The van der Waals surface area contributed by atoms with E-state index in [1.165, 1.54) is 12.1 Å². The molecule has 4 aromatic heterocycles. The summed E-state index contributed by atoms with van der Waals surface area (Å²) in [7, 11) is 0. The Balaban J connectivity index is -0.0000000184. The Morgan fingerprint density at radius 1 is 0.654 bits per heavy atom. The number of hydrogen-bond acceptors (Lipinski definition) is 8. The van der Waals surface area contributed by atoms with Gasteiger partial charge in [-0.25, -0.2) is 38.4 Å². The third-order valence-electron chi connectivity index (χ3n) is 17.9. The van der Waals surface area contributed by atoms with Crippen molar-refractivity contribution in [3.05, 3.63) is 177 Å². The average molecular weight is 1550 g/mol. The summed E-state index contributed by atoms with van der Waals surface area (Å²) in [6.07, 6.45) is 20.5. The molecule has 0 bridgehead atoms. The minimum Gasteiger partial charge on any atom is -0.523 e. The molecule has 0 saturated heterocycles. The maximum Gasteiger partial charge on any atom is 0.226 e. The number of carbonyl (C=O) groups is 1. The number of carbonyl (C=O) groups excluding carboxylic acids is 1. The van der Waals surface area contributed by atoms with Gasteiger partial charge < -0.3 is 9.90 Å². The molecule has 78 heavy (non-hydrogen) atoms. The van der Waals surface area contributed by atoms with Gasteiger partial charge in [-0.1, -0.05) is 83.7 Å². The molecule has 4 heterocycles. The lowest BCUT2D eigenvalue weighted by Gasteiger charge is -2.51. The highest BCUT2D eigenvalue weighted by atomic mass is 19.1. The number of allylic oxidation sites excluding steroid dienone is 4. The number of nitrogens with zero attached hydrogens (tertiary/aromatic N) is 8. The van der Waals surface area contributed by atoms with Crippen molar-refractivity contribution in [3.63, 3.8) is 0 Å². The first-order valence-corrected chi connectivity index (χ1v) is 28.7. The largest absolute Gasteiger partial charge is 0.523 e.